The highest BCUT2D eigenvalue weighted by Crippen LogP contribution is 2.27. The largest absolute Gasteiger partial charge is 0.346 e. The second kappa shape index (κ2) is 7.54. The van der Waals surface area contributed by atoms with Crippen molar-refractivity contribution in [2.75, 3.05) is 13.3 Å². The Balaban J connectivity index is 1.76. The molecule has 2 atom stereocenters. The normalized spacial score (nSPS) is 23.9. The summed E-state index contributed by atoms with van der Waals surface area (Å²) in [7, 11) is -1.58. The molecule has 0 N–H and O–H groups in total. The minimum absolute atomic E-state index is 0.137. The number of aryl methyl sites for hydroxylation is 1. The molecule has 3 rings (SSSR count). The lowest BCUT2D eigenvalue weighted by Crippen LogP contribution is -2.50. The SMILES string of the molecule is CN(C(=O)Cn1nc2n(c1=O)CCCCC2)[C@H]1CCCC[C@H]1S(C)(=O)=O. The van der Waals surface area contributed by atoms with Crippen LogP contribution in [0.25, 0.3) is 0 Å². The Labute approximate surface area is 154 Å². The number of likely N-dealkylation sites (N-methyl/N-ethyl adjacent to an activating group) is 1. The van der Waals surface area contributed by atoms with Crippen LogP contribution >= 0.6 is 0 Å². The first-order chi connectivity index (χ1) is 12.3. The van der Waals surface area contributed by atoms with Crippen LogP contribution in [0.5, 0.6) is 0 Å². The van der Waals surface area contributed by atoms with Gasteiger partial charge in [0.25, 0.3) is 0 Å². The van der Waals surface area contributed by atoms with Gasteiger partial charge in [-0.3, -0.25) is 9.36 Å². The zero-order valence-corrected chi connectivity index (χ0v) is 16.4. The quantitative estimate of drug-likeness (QED) is 0.757. The summed E-state index contributed by atoms with van der Waals surface area (Å²) in [5, 5.41) is 3.82. The molecule has 2 heterocycles. The Kier molecular flexibility index (Phi) is 5.55. The maximum absolute atomic E-state index is 12.7. The molecule has 0 radical (unpaired) electrons. The number of carbonyl (C=O) groups is 1. The standard InChI is InChI=1S/C17H28N4O4S/c1-19(13-8-5-6-9-14(13)26(2,24)25)16(22)12-21-17(23)20-11-7-3-4-10-15(20)18-21/h13-14H,3-12H2,1-2H3/t13-,14+/m0/s1. The molecule has 0 bridgehead atoms. The van der Waals surface area contributed by atoms with Gasteiger partial charge in [0.05, 0.1) is 5.25 Å². The van der Waals surface area contributed by atoms with Gasteiger partial charge in [-0.2, -0.15) is 5.10 Å². The molecule has 1 aromatic heterocycles. The molecule has 9 heteroatoms. The first kappa shape index (κ1) is 19.1. The lowest BCUT2D eigenvalue weighted by Gasteiger charge is -2.36. The zero-order chi connectivity index (χ0) is 18.9. The van der Waals surface area contributed by atoms with Crippen molar-refractivity contribution >= 4 is 15.7 Å². The molecule has 1 amide bonds. The minimum Gasteiger partial charge on any atom is -0.340 e. The van der Waals surface area contributed by atoms with Crippen LogP contribution in [0.2, 0.25) is 0 Å². The van der Waals surface area contributed by atoms with Crippen molar-refractivity contribution in [3.63, 3.8) is 0 Å². The highest BCUT2D eigenvalue weighted by atomic mass is 32.2. The van der Waals surface area contributed by atoms with E-state index in [1.807, 2.05) is 0 Å². The highest BCUT2D eigenvalue weighted by Gasteiger charge is 2.37. The molecule has 1 aliphatic heterocycles. The van der Waals surface area contributed by atoms with Crippen molar-refractivity contribution in [2.45, 2.75) is 75.7 Å². The van der Waals surface area contributed by atoms with Crippen LogP contribution in [0, 0.1) is 0 Å². The second-order valence-corrected chi connectivity index (χ2v) is 9.81. The summed E-state index contributed by atoms with van der Waals surface area (Å²) in [6.07, 6.45) is 8.06. The third kappa shape index (κ3) is 3.87. The lowest BCUT2D eigenvalue weighted by atomic mass is 9.94. The Morgan fingerprint density at radius 3 is 2.65 bits per heavy atom. The van der Waals surface area contributed by atoms with Crippen molar-refractivity contribution in [3.8, 4) is 0 Å². The van der Waals surface area contributed by atoms with Gasteiger partial charge in [0, 0.05) is 32.3 Å². The molecule has 0 saturated heterocycles. The van der Waals surface area contributed by atoms with Crippen LogP contribution in [0.1, 0.15) is 50.8 Å². The number of hydrogen-bond acceptors (Lipinski definition) is 5. The molecule has 1 aliphatic carbocycles. The van der Waals surface area contributed by atoms with Crippen LogP contribution in [-0.4, -0.2) is 58.2 Å². The van der Waals surface area contributed by atoms with E-state index in [0.717, 1.165) is 44.3 Å². The predicted molar refractivity (Wildman–Crippen MR) is 97.7 cm³/mol. The monoisotopic (exact) mass is 384 g/mol. The average Bonchev–Trinajstić information content (AvgIpc) is 2.77. The van der Waals surface area contributed by atoms with Crippen molar-refractivity contribution in [1.29, 1.82) is 0 Å². The maximum Gasteiger partial charge on any atom is 0.346 e. The van der Waals surface area contributed by atoms with Gasteiger partial charge < -0.3 is 4.90 Å². The van der Waals surface area contributed by atoms with Gasteiger partial charge in [-0.1, -0.05) is 19.3 Å². The van der Waals surface area contributed by atoms with Crippen LogP contribution in [0.15, 0.2) is 4.79 Å². The fourth-order valence-corrected chi connectivity index (χ4v) is 5.66. The molecule has 2 aliphatic rings. The molecule has 146 valence electrons. The molecule has 0 spiro atoms. The van der Waals surface area contributed by atoms with Gasteiger partial charge in [0.2, 0.25) is 5.91 Å². The van der Waals surface area contributed by atoms with Crippen LogP contribution in [0.3, 0.4) is 0 Å². The lowest BCUT2D eigenvalue weighted by molar-refractivity contribution is -0.133. The van der Waals surface area contributed by atoms with E-state index in [9.17, 15) is 18.0 Å². The summed E-state index contributed by atoms with van der Waals surface area (Å²) >= 11 is 0. The summed E-state index contributed by atoms with van der Waals surface area (Å²) in [6.45, 7) is 0.513. The summed E-state index contributed by atoms with van der Waals surface area (Å²) in [5.74, 6) is 0.482. The molecule has 8 nitrogen and oxygen atoms in total. The van der Waals surface area contributed by atoms with Crippen molar-refractivity contribution < 1.29 is 13.2 Å². The summed E-state index contributed by atoms with van der Waals surface area (Å²) < 4.78 is 27.1. The molecule has 0 aromatic carbocycles. The number of hydrogen-bond donors (Lipinski definition) is 0. The van der Waals surface area contributed by atoms with Gasteiger partial charge in [0.15, 0.2) is 9.84 Å². The number of rotatable bonds is 4. The number of sulfone groups is 1. The fourth-order valence-electron chi connectivity index (χ4n) is 4.17. The second-order valence-electron chi connectivity index (χ2n) is 7.54. The molecule has 1 aromatic rings. The zero-order valence-electron chi connectivity index (χ0n) is 15.6. The maximum atomic E-state index is 12.7. The van der Waals surface area contributed by atoms with Gasteiger partial charge >= 0.3 is 5.69 Å². The number of aromatic nitrogens is 3. The topological polar surface area (TPSA) is 94.3 Å². The molecule has 1 fully saturated rings. The van der Waals surface area contributed by atoms with Gasteiger partial charge in [-0.15, -0.1) is 0 Å². The Hall–Kier alpha value is -1.64. The van der Waals surface area contributed by atoms with Crippen LogP contribution < -0.4 is 5.69 Å². The van der Waals surface area contributed by atoms with E-state index in [0.29, 0.717) is 19.4 Å². The van der Waals surface area contributed by atoms with E-state index in [1.54, 1.807) is 11.6 Å². The first-order valence-corrected chi connectivity index (χ1v) is 11.4. The van der Waals surface area contributed by atoms with E-state index in [1.165, 1.54) is 15.8 Å². The van der Waals surface area contributed by atoms with E-state index < -0.39 is 15.1 Å². The van der Waals surface area contributed by atoms with Crippen molar-refractivity contribution in [3.05, 3.63) is 16.3 Å². The van der Waals surface area contributed by atoms with Gasteiger partial charge in [-0.05, 0) is 25.7 Å². The van der Waals surface area contributed by atoms with Crippen LogP contribution in [0.4, 0.5) is 0 Å². The molecule has 26 heavy (non-hydrogen) atoms. The van der Waals surface area contributed by atoms with E-state index in [-0.39, 0.29) is 24.2 Å². The Morgan fingerprint density at radius 2 is 1.92 bits per heavy atom. The third-order valence-corrected chi connectivity index (χ3v) is 7.32. The summed E-state index contributed by atoms with van der Waals surface area (Å²) in [5.41, 5.74) is -0.244. The fraction of sp³-hybridized carbons (Fsp3) is 0.824. The summed E-state index contributed by atoms with van der Waals surface area (Å²) in [4.78, 5) is 26.8. The Bertz CT molecular complexity index is 826. The number of carbonyl (C=O) groups excluding carboxylic acids is 1. The smallest absolute Gasteiger partial charge is 0.340 e. The number of amides is 1. The highest BCUT2D eigenvalue weighted by molar-refractivity contribution is 7.91. The van der Waals surface area contributed by atoms with Crippen molar-refractivity contribution in [1.82, 2.24) is 19.2 Å². The third-order valence-electron chi connectivity index (χ3n) is 5.68. The molecular weight excluding hydrogens is 356 g/mol. The minimum atomic E-state index is -3.22. The first-order valence-electron chi connectivity index (χ1n) is 9.40. The predicted octanol–water partition coefficient (Wildman–Crippen LogP) is 0.585. The van der Waals surface area contributed by atoms with E-state index in [4.69, 9.17) is 0 Å². The molecule has 0 unspecified atom stereocenters. The molecular formula is C17H28N4O4S. The van der Waals surface area contributed by atoms with Gasteiger partial charge in [-0.25, -0.2) is 17.9 Å². The van der Waals surface area contributed by atoms with Crippen molar-refractivity contribution in [2.24, 2.45) is 0 Å². The average molecular weight is 385 g/mol. The number of fused-ring (bicyclic) bond motifs is 1. The van der Waals surface area contributed by atoms with E-state index >= 15 is 0 Å². The van der Waals surface area contributed by atoms with Crippen LogP contribution in [-0.2, 0) is 34.1 Å². The summed E-state index contributed by atoms with van der Waals surface area (Å²) in [6, 6.07) is -0.331. The van der Waals surface area contributed by atoms with E-state index in [2.05, 4.69) is 5.10 Å². The number of nitrogens with zero attached hydrogens (tertiary/aromatic N) is 4. The molecule has 1 saturated carbocycles. The Morgan fingerprint density at radius 1 is 1.19 bits per heavy atom. The van der Waals surface area contributed by atoms with Gasteiger partial charge in [0.1, 0.15) is 12.4 Å².